The summed E-state index contributed by atoms with van der Waals surface area (Å²) in [6, 6.07) is 11.3. The van der Waals surface area contributed by atoms with Gasteiger partial charge in [-0.15, -0.1) is 0 Å². The van der Waals surface area contributed by atoms with E-state index in [-0.39, 0.29) is 11.7 Å². The zero-order chi connectivity index (χ0) is 14.5. The van der Waals surface area contributed by atoms with Crippen LogP contribution in [0.3, 0.4) is 0 Å². The van der Waals surface area contributed by atoms with Crippen molar-refractivity contribution in [3.8, 4) is 0 Å². The van der Waals surface area contributed by atoms with Gasteiger partial charge in [0.25, 0.3) is 5.91 Å². The van der Waals surface area contributed by atoms with E-state index in [2.05, 4.69) is 10.5 Å². The van der Waals surface area contributed by atoms with E-state index >= 15 is 0 Å². The van der Waals surface area contributed by atoms with Crippen molar-refractivity contribution < 1.29 is 9.18 Å². The Morgan fingerprint density at radius 1 is 1.15 bits per heavy atom. The highest BCUT2D eigenvalue weighted by Gasteiger charge is 2.03. The van der Waals surface area contributed by atoms with Gasteiger partial charge < -0.3 is 0 Å². The number of hydrogen-bond donors (Lipinski definition) is 1. The van der Waals surface area contributed by atoms with Crippen LogP contribution >= 0.6 is 0 Å². The molecule has 0 radical (unpaired) electrons. The van der Waals surface area contributed by atoms with Gasteiger partial charge in [0.1, 0.15) is 5.82 Å². The number of carbonyl (C=O) groups is 1. The van der Waals surface area contributed by atoms with Crippen molar-refractivity contribution in [2.75, 3.05) is 0 Å². The van der Waals surface area contributed by atoms with Crippen molar-refractivity contribution in [2.45, 2.75) is 13.8 Å². The molecule has 0 saturated carbocycles. The molecule has 4 heteroatoms. The third-order valence-corrected chi connectivity index (χ3v) is 2.90. The van der Waals surface area contributed by atoms with Crippen LogP contribution in [0.15, 0.2) is 47.6 Å². The molecule has 0 atom stereocenters. The molecule has 1 amide bonds. The van der Waals surface area contributed by atoms with Crippen molar-refractivity contribution in [2.24, 2.45) is 5.10 Å². The van der Waals surface area contributed by atoms with Gasteiger partial charge in [-0.3, -0.25) is 4.79 Å². The number of halogens is 1. The minimum Gasteiger partial charge on any atom is -0.267 e. The summed E-state index contributed by atoms with van der Waals surface area (Å²) in [4.78, 5) is 11.7. The number of aryl methyl sites for hydroxylation is 2. The van der Waals surface area contributed by atoms with Crippen LogP contribution in [0.1, 0.15) is 27.0 Å². The molecular weight excluding hydrogens is 255 g/mol. The maximum absolute atomic E-state index is 12.7. The number of hydrogen-bond acceptors (Lipinski definition) is 2. The normalized spacial score (nSPS) is 10.8. The minimum atomic E-state index is -0.375. The zero-order valence-electron chi connectivity index (χ0n) is 11.4. The van der Waals surface area contributed by atoms with Gasteiger partial charge >= 0.3 is 0 Å². The van der Waals surface area contributed by atoms with Crippen molar-refractivity contribution in [3.05, 3.63) is 70.5 Å². The molecule has 2 aromatic rings. The molecule has 1 N–H and O–H groups in total. The van der Waals surface area contributed by atoms with Crippen LogP contribution in [-0.2, 0) is 0 Å². The Balaban J connectivity index is 2.02. The first kappa shape index (κ1) is 13.9. The zero-order valence-corrected chi connectivity index (χ0v) is 11.4. The molecule has 0 spiro atoms. The van der Waals surface area contributed by atoms with Crippen LogP contribution in [0.5, 0.6) is 0 Å². The molecule has 2 rings (SSSR count). The van der Waals surface area contributed by atoms with E-state index in [1.807, 2.05) is 32.0 Å². The van der Waals surface area contributed by atoms with Crippen LogP contribution in [0.25, 0.3) is 0 Å². The highest BCUT2D eigenvalue weighted by molar-refractivity contribution is 5.94. The lowest BCUT2D eigenvalue weighted by Gasteiger charge is -2.02. The van der Waals surface area contributed by atoms with Crippen LogP contribution in [0, 0.1) is 19.7 Å². The van der Waals surface area contributed by atoms with Gasteiger partial charge in [-0.25, -0.2) is 9.82 Å². The van der Waals surface area contributed by atoms with Crippen LogP contribution in [0.4, 0.5) is 4.39 Å². The second kappa shape index (κ2) is 6.10. The number of benzene rings is 2. The third-order valence-electron chi connectivity index (χ3n) is 2.90. The summed E-state index contributed by atoms with van der Waals surface area (Å²) in [6.07, 6.45) is 1.59. The van der Waals surface area contributed by atoms with Gasteiger partial charge in [-0.1, -0.05) is 23.8 Å². The molecule has 0 saturated heterocycles. The first-order chi connectivity index (χ1) is 9.56. The highest BCUT2D eigenvalue weighted by Crippen LogP contribution is 2.08. The predicted octanol–water partition coefficient (Wildman–Crippen LogP) is 3.21. The molecule has 2 aromatic carbocycles. The Hall–Kier alpha value is -2.49. The van der Waals surface area contributed by atoms with Crippen molar-refractivity contribution in [3.63, 3.8) is 0 Å². The molecular formula is C16H15FN2O. The number of hydrazone groups is 1. The molecule has 0 fully saturated rings. The molecule has 0 bridgehead atoms. The molecule has 102 valence electrons. The van der Waals surface area contributed by atoms with Gasteiger partial charge in [-0.05, 0) is 49.2 Å². The summed E-state index contributed by atoms with van der Waals surface area (Å²) in [7, 11) is 0. The van der Waals surface area contributed by atoms with E-state index in [1.54, 1.807) is 6.21 Å². The summed E-state index contributed by atoms with van der Waals surface area (Å²) in [5.41, 5.74) is 5.99. The standard InChI is InChI=1S/C16H15FN2O/c1-11-3-4-14(12(2)9-11)10-18-19-16(20)13-5-7-15(17)8-6-13/h3-10H,1-2H3,(H,19,20)/b18-10-. The molecule has 20 heavy (non-hydrogen) atoms. The minimum absolute atomic E-state index is 0.365. The Bertz CT molecular complexity index is 648. The van der Waals surface area contributed by atoms with E-state index in [4.69, 9.17) is 0 Å². The lowest BCUT2D eigenvalue weighted by molar-refractivity contribution is 0.0955. The smallest absolute Gasteiger partial charge is 0.267 e. The highest BCUT2D eigenvalue weighted by atomic mass is 19.1. The predicted molar refractivity (Wildman–Crippen MR) is 77.4 cm³/mol. The largest absolute Gasteiger partial charge is 0.271 e. The van der Waals surface area contributed by atoms with Gasteiger partial charge in [0.2, 0.25) is 0 Å². The number of carbonyl (C=O) groups excluding carboxylic acids is 1. The fourth-order valence-electron chi connectivity index (χ4n) is 1.80. The van der Waals surface area contributed by atoms with Gasteiger partial charge in [0.15, 0.2) is 0 Å². The van der Waals surface area contributed by atoms with Crippen LogP contribution in [-0.4, -0.2) is 12.1 Å². The monoisotopic (exact) mass is 270 g/mol. The van der Waals surface area contributed by atoms with Gasteiger partial charge in [0, 0.05) is 5.56 Å². The van der Waals surface area contributed by atoms with E-state index in [9.17, 15) is 9.18 Å². The SMILES string of the molecule is Cc1ccc(/C=N\NC(=O)c2ccc(F)cc2)c(C)c1. The lowest BCUT2D eigenvalue weighted by atomic mass is 10.1. The summed E-state index contributed by atoms with van der Waals surface area (Å²) in [5, 5.41) is 3.91. The Morgan fingerprint density at radius 2 is 1.85 bits per heavy atom. The van der Waals surface area contributed by atoms with Gasteiger partial charge in [-0.2, -0.15) is 5.10 Å². The van der Waals surface area contributed by atoms with E-state index in [1.165, 1.54) is 29.8 Å². The van der Waals surface area contributed by atoms with Gasteiger partial charge in [0.05, 0.1) is 6.21 Å². The Labute approximate surface area is 117 Å². The molecule has 0 aliphatic carbocycles. The summed E-state index contributed by atoms with van der Waals surface area (Å²) < 4.78 is 12.7. The fraction of sp³-hybridized carbons (Fsp3) is 0.125. The Kier molecular flexibility index (Phi) is 4.25. The lowest BCUT2D eigenvalue weighted by Crippen LogP contribution is -2.17. The molecule has 0 heterocycles. The first-order valence-electron chi connectivity index (χ1n) is 6.22. The maximum Gasteiger partial charge on any atom is 0.271 e. The molecule has 3 nitrogen and oxygen atoms in total. The van der Waals surface area contributed by atoms with Crippen LogP contribution < -0.4 is 5.43 Å². The topological polar surface area (TPSA) is 41.5 Å². The summed E-state index contributed by atoms with van der Waals surface area (Å²) >= 11 is 0. The number of amides is 1. The van der Waals surface area contributed by atoms with Crippen molar-refractivity contribution >= 4 is 12.1 Å². The van der Waals surface area contributed by atoms with E-state index < -0.39 is 0 Å². The molecule has 0 aliphatic heterocycles. The third kappa shape index (κ3) is 3.51. The quantitative estimate of drug-likeness (QED) is 0.675. The average molecular weight is 270 g/mol. The molecule has 0 aromatic heterocycles. The molecule has 0 aliphatic rings. The maximum atomic E-state index is 12.7. The Morgan fingerprint density at radius 3 is 2.50 bits per heavy atom. The second-order valence-electron chi connectivity index (χ2n) is 4.57. The number of nitrogens with one attached hydrogen (secondary N) is 1. The summed E-state index contributed by atoms with van der Waals surface area (Å²) in [5.74, 6) is -0.744. The van der Waals surface area contributed by atoms with Crippen molar-refractivity contribution in [1.29, 1.82) is 0 Å². The number of nitrogens with zero attached hydrogens (tertiary/aromatic N) is 1. The van der Waals surface area contributed by atoms with Crippen LogP contribution in [0.2, 0.25) is 0 Å². The van der Waals surface area contributed by atoms with E-state index in [0.29, 0.717) is 5.56 Å². The fourth-order valence-corrected chi connectivity index (χ4v) is 1.80. The average Bonchev–Trinajstić information content (AvgIpc) is 2.42. The first-order valence-corrected chi connectivity index (χ1v) is 6.22. The number of rotatable bonds is 3. The van der Waals surface area contributed by atoms with E-state index in [0.717, 1.165) is 11.1 Å². The summed E-state index contributed by atoms with van der Waals surface area (Å²) in [6.45, 7) is 4.00. The van der Waals surface area contributed by atoms with Crippen molar-refractivity contribution in [1.82, 2.24) is 5.43 Å². The molecule has 0 unspecified atom stereocenters. The second-order valence-corrected chi connectivity index (χ2v) is 4.57.